The van der Waals surface area contributed by atoms with Gasteiger partial charge < -0.3 is 29.4 Å². The molecule has 184 valence electrons. The van der Waals surface area contributed by atoms with E-state index in [-0.39, 0.29) is 16.9 Å². The van der Waals surface area contributed by atoms with Crippen LogP contribution in [0.15, 0.2) is 18.2 Å². The highest BCUT2D eigenvalue weighted by molar-refractivity contribution is 6.00. The number of carbonyl (C=O) groups excluding carboxylic acids is 3. The molecule has 9 nitrogen and oxygen atoms in total. The average molecular weight is 483 g/mol. The highest BCUT2D eigenvalue weighted by Crippen LogP contribution is 2.35. The Morgan fingerprint density at radius 1 is 1.15 bits per heavy atom. The molecule has 0 saturated carbocycles. The average Bonchev–Trinajstić information content (AvgIpc) is 3.10. The van der Waals surface area contributed by atoms with Gasteiger partial charge in [0, 0.05) is 18.8 Å². The van der Waals surface area contributed by atoms with Crippen LogP contribution in [0.2, 0.25) is 0 Å². The number of morpholine rings is 1. The standard InChI is InChI=1S/C22H24F3N3O6/c1-12-18(20(30)32-3)13(2)26-19(12)21(31)34-11-17(29)27-15-10-14(22(23,24)25)4-5-16(15)28-6-8-33-9-7-28/h4-5,10,26H,6-9,11H2,1-3H3,(H,27,29). The van der Waals surface area contributed by atoms with E-state index < -0.39 is 36.2 Å². The van der Waals surface area contributed by atoms with E-state index in [1.54, 1.807) is 11.8 Å². The second-order valence-electron chi connectivity index (χ2n) is 7.57. The second kappa shape index (κ2) is 10.2. The summed E-state index contributed by atoms with van der Waals surface area (Å²) in [4.78, 5) is 41.3. The van der Waals surface area contributed by atoms with Crippen molar-refractivity contribution in [2.45, 2.75) is 20.0 Å². The zero-order valence-corrected chi connectivity index (χ0v) is 18.8. The van der Waals surface area contributed by atoms with Crippen LogP contribution in [0.4, 0.5) is 24.5 Å². The molecule has 1 aromatic heterocycles. The van der Waals surface area contributed by atoms with Crippen molar-refractivity contribution >= 4 is 29.2 Å². The number of halogens is 3. The molecule has 1 fully saturated rings. The lowest BCUT2D eigenvalue weighted by Crippen LogP contribution is -2.37. The summed E-state index contributed by atoms with van der Waals surface area (Å²) in [5.41, 5.74) is 0.246. The molecule has 1 aliphatic heterocycles. The van der Waals surface area contributed by atoms with Crippen LogP contribution in [0.1, 0.15) is 37.7 Å². The number of hydrogen-bond donors (Lipinski definition) is 2. The maximum absolute atomic E-state index is 13.2. The molecule has 1 amide bonds. The van der Waals surface area contributed by atoms with Crippen molar-refractivity contribution in [3.63, 3.8) is 0 Å². The molecule has 0 radical (unpaired) electrons. The van der Waals surface area contributed by atoms with Crippen molar-refractivity contribution in [3.8, 4) is 0 Å². The van der Waals surface area contributed by atoms with Gasteiger partial charge in [-0.25, -0.2) is 9.59 Å². The van der Waals surface area contributed by atoms with Gasteiger partial charge in [-0.3, -0.25) is 4.79 Å². The number of ether oxygens (including phenoxy) is 3. The molecule has 2 aromatic rings. The lowest BCUT2D eigenvalue weighted by Gasteiger charge is -2.31. The Hall–Kier alpha value is -3.54. The van der Waals surface area contributed by atoms with Gasteiger partial charge in [-0.15, -0.1) is 0 Å². The second-order valence-corrected chi connectivity index (χ2v) is 7.57. The van der Waals surface area contributed by atoms with E-state index in [1.807, 2.05) is 0 Å². The molecule has 12 heteroatoms. The Labute approximate surface area is 193 Å². The van der Waals surface area contributed by atoms with E-state index in [4.69, 9.17) is 9.47 Å². The molecule has 2 heterocycles. The molecule has 0 unspecified atom stereocenters. The van der Waals surface area contributed by atoms with Gasteiger partial charge in [-0.1, -0.05) is 0 Å². The fraction of sp³-hybridized carbons (Fsp3) is 0.409. The predicted molar refractivity (Wildman–Crippen MR) is 115 cm³/mol. The van der Waals surface area contributed by atoms with Crippen molar-refractivity contribution in [2.24, 2.45) is 0 Å². The molecule has 0 bridgehead atoms. The molecule has 34 heavy (non-hydrogen) atoms. The minimum Gasteiger partial charge on any atom is -0.465 e. The molecular weight excluding hydrogens is 459 g/mol. The van der Waals surface area contributed by atoms with Gasteiger partial charge in [0.25, 0.3) is 5.91 Å². The number of esters is 2. The third-order valence-corrected chi connectivity index (χ3v) is 5.32. The van der Waals surface area contributed by atoms with Crippen LogP contribution >= 0.6 is 0 Å². The van der Waals surface area contributed by atoms with Crippen molar-refractivity contribution in [2.75, 3.05) is 50.2 Å². The zero-order chi connectivity index (χ0) is 25.0. The molecule has 0 spiro atoms. The molecule has 1 aromatic carbocycles. The minimum atomic E-state index is -4.60. The predicted octanol–water partition coefficient (Wildman–Crippen LogP) is 3.07. The van der Waals surface area contributed by atoms with Crippen LogP contribution in [0, 0.1) is 13.8 Å². The van der Waals surface area contributed by atoms with Crippen molar-refractivity contribution < 1.29 is 41.8 Å². The maximum Gasteiger partial charge on any atom is 0.416 e. The molecular formula is C22H24F3N3O6. The van der Waals surface area contributed by atoms with Crippen molar-refractivity contribution in [1.29, 1.82) is 0 Å². The molecule has 3 rings (SSSR count). The smallest absolute Gasteiger partial charge is 0.416 e. The third kappa shape index (κ3) is 5.50. The third-order valence-electron chi connectivity index (χ3n) is 5.32. The van der Waals surface area contributed by atoms with Crippen LogP contribution in [0.25, 0.3) is 0 Å². The summed E-state index contributed by atoms with van der Waals surface area (Å²) in [6, 6.07) is 3.07. The molecule has 2 N–H and O–H groups in total. The summed E-state index contributed by atoms with van der Waals surface area (Å²) in [6.45, 7) is 4.02. The Morgan fingerprint density at radius 2 is 1.82 bits per heavy atom. The Morgan fingerprint density at radius 3 is 2.44 bits per heavy atom. The van der Waals surface area contributed by atoms with E-state index in [0.29, 0.717) is 43.2 Å². The fourth-order valence-electron chi connectivity index (χ4n) is 3.64. The Bertz CT molecular complexity index is 1090. The summed E-state index contributed by atoms with van der Waals surface area (Å²) >= 11 is 0. The number of alkyl halides is 3. The number of aromatic amines is 1. The van der Waals surface area contributed by atoms with E-state index in [2.05, 4.69) is 15.0 Å². The number of nitrogens with one attached hydrogen (secondary N) is 2. The summed E-state index contributed by atoms with van der Waals surface area (Å²) in [6.07, 6.45) is -4.60. The number of aryl methyl sites for hydroxylation is 1. The van der Waals surface area contributed by atoms with E-state index in [1.165, 1.54) is 20.1 Å². The number of H-pyrrole nitrogens is 1. The number of aromatic nitrogens is 1. The first kappa shape index (κ1) is 25.1. The normalized spacial score (nSPS) is 14.0. The highest BCUT2D eigenvalue weighted by Gasteiger charge is 2.32. The van der Waals surface area contributed by atoms with Crippen LogP contribution in [-0.4, -0.2) is 62.8 Å². The quantitative estimate of drug-likeness (QED) is 0.608. The highest BCUT2D eigenvalue weighted by atomic mass is 19.4. The van der Waals surface area contributed by atoms with Crippen LogP contribution in [0.3, 0.4) is 0 Å². The SMILES string of the molecule is COC(=O)c1c(C)[nH]c(C(=O)OCC(=O)Nc2cc(C(F)(F)F)ccc2N2CCOCC2)c1C. The number of rotatable bonds is 6. The topological polar surface area (TPSA) is 110 Å². The van der Waals surface area contributed by atoms with Gasteiger partial charge in [0.05, 0.1) is 42.8 Å². The van der Waals surface area contributed by atoms with Crippen LogP contribution in [0.5, 0.6) is 0 Å². The number of carbonyl (C=O) groups is 3. The molecule has 1 aliphatic rings. The number of methoxy groups -OCH3 is 1. The van der Waals surface area contributed by atoms with E-state index >= 15 is 0 Å². The zero-order valence-electron chi connectivity index (χ0n) is 18.8. The minimum absolute atomic E-state index is 0.0289. The molecule has 0 aliphatic carbocycles. The molecule has 0 atom stereocenters. The fourth-order valence-corrected chi connectivity index (χ4v) is 3.64. The van der Waals surface area contributed by atoms with Gasteiger partial charge in [0.2, 0.25) is 0 Å². The number of anilines is 2. The van der Waals surface area contributed by atoms with E-state index in [9.17, 15) is 27.6 Å². The van der Waals surface area contributed by atoms with Gasteiger partial charge >= 0.3 is 18.1 Å². The van der Waals surface area contributed by atoms with Crippen LogP contribution < -0.4 is 10.2 Å². The first-order valence-electron chi connectivity index (χ1n) is 10.3. The lowest BCUT2D eigenvalue weighted by molar-refractivity contribution is -0.137. The van der Waals surface area contributed by atoms with Gasteiger partial charge in [0.15, 0.2) is 6.61 Å². The summed E-state index contributed by atoms with van der Waals surface area (Å²) in [5.74, 6) is -2.36. The summed E-state index contributed by atoms with van der Waals surface area (Å²) < 4.78 is 54.6. The van der Waals surface area contributed by atoms with Crippen molar-refractivity contribution in [1.82, 2.24) is 4.98 Å². The first-order chi connectivity index (χ1) is 16.0. The lowest BCUT2D eigenvalue weighted by atomic mass is 10.1. The van der Waals surface area contributed by atoms with Gasteiger partial charge in [-0.05, 0) is 37.6 Å². The number of hydrogen-bond acceptors (Lipinski definition) is 7. The largest absolute Gasteiger partial charge is 0.465 e. The van der Waals surface area contributed by atoms with Gasteiger partial charge in [-0.2, -0.15) is 13.2 Å². The first-order valence-corrected chi connectivity index (χ1v) is 10.3. The number of nitrogens with zero attached hydrogens (tertiary/aromatic N) is 1. The Kier molecular flexibility index (Phi) is 7.50. The maximum atomic E-state index is 13.2. The monoisotopic (exact) mass is 483 g/mol. The van der Waals surface area contributed by atoms with Crippen molar-refractivity contribution in [3.05, 3.63) is 46.3 Å². The van der Waals surface area contributed by atoms with Gasteiger partial charge in [0.1, 0.15) is 5.69 Å². The number of amides is 1. The van der Waals surface area contributed by atoms with E-state index in [0.717, 1.165) is 12.1 Å². The number of benzene rings is 1. The molecule has 1 saturated heterocycles. The Balaban J connectivity index is 1.74. The van der Waals surface area contributed by atoms with Crippen LogP contribution in [-0.2, 0) is 25.2 Å². The summed E-state index contributed by atoms with van der Waals surface area (Å²) in [5, 5.41) is 2.40. The summed E-state index contributed by atoms with van der Waals surface area (Å²) in [7, 11) is 1.20.